The molecule has 0 saturated carbocycles. The van der Waals surface area contributed by atoms with Crippen molar-refractivity contribution < 1.29 is 14.0 Å². The molecule has 3 rings (SSSR count). The molecule has 0 aromatic carbocycles. The van der Waals surface area contributed by atoms with Crippen LogP contribution in [0.5, 0.6) is 0 Å². The molecule has 1 N–H and O–H groups in total. The lowest BCUT2D eigenvalue weighted by Crippen LogP contribution is -2.26. The molecule has 4 heteroatoms. The lowest BCUT2D eigenvalue weighted by molar-refractivity contribution is -0.126. The number of fused-ring (bicyclic) bond motifs is 1. The van der Waals surface area contributed by atoms with Gasteiger partial charge in [-0.05, 0) is 31.8 Å². The van der Waals surface area contributed by atoms with Crippen LogP contribution < -0.4 is 5.32 Å². The van der Waals surface area contributed by atoms with Crippen LogP contribution >= 0.6 is 0 Å². The van der Waals surface area contributed by atoms with Gasteiger partial charge in [0.05, 0.1) is 12.2 Å². The average molecular weight is 311 g/mol. The van der Waals surface area contributed by atoms with Gasteiger partial charge in [0.2, 0.25) is 11.8 Å². The van der Waals surface area contributed by atoms with E-state index in [-0.39, 0.29) is 30.1 Å². The quantitative estimate of drug-likeness (QED) is 0.684. The van der Waals surface area contributed by atoms with E-state index in [4.69, 9.17) is 4.42 Å². The van der Waals surface area contributed by atoms with Gasteiger partial charge in [-0.15, -0.1) is 0 Å². The van der Waals surface area contributed by atoms with Crippen LogP contribution in [0.15, 0.2) is 41.6 Å². The summed E-state index contributed by atoms with van der Waals surface area (Å²) in [6, 6.07) is 0. The summed E-state index contributed by atoms with van der Waals surface area (Å²) in [6.45, 7) is 5.85. The van der Waals surface area contributed by atoms with E-state index in [1.807, 2.05) is 31.2 Å². The molecule has 0 spiro atoms. The van der Waals surface area contributed by atoms with Gasteiger partial charge in [0.15, 0.2) is 0 Å². The summed E-state index contributed by atoms with van der Waals surface area (Å²) in [4.78, 5) is 23.5. The number of hydrogen-bond donors (Lipinski definition) is 1. The Bertz CT molecular complexity index is 708. The molecule has 0 radical (unpaired) electrons. The molecule has 2 atom stereocenters. The van der Waals surface area contributed by atoms with E-state index in [0.29, 0.717) is 0 Å². The van der Waals surface area contributed by atoms with Crippen LogP contribution in [-0.4, -0.2) is 11.8 Å². The normalized spacial score (nSPS) is 24.8. The number of carbonyl (C=O) groups excluding carboxylic acids is 2. The number of imide groups is 1. The molecule has 120 valence electrons. The second-order valence-electron chi connectivity index (χ2n) is 6.07. The predicted octanol–water partition coefficient (Wildman–Crippen LogP) is 3.51. The Balaban J connectivity index is 1.97. The van der Waals surface area contributed by atoms with E-state index in [1.54, 1.807) is 6.26 Å². The minimum atomic E-state index is -0.299. The maximum atomic E-state index is 12.0. The lowest BCUT2D eigenvalue weighted by Gasteiger charge is -2.25. The fourth-order valence-electron chi connectivity index (χ4n) is 3.59. The molecule has 4 nitrogen and oxygen atoms in total. The van der Waals surface area contributed by atoms with Gasteiger partial charge >= 0.3 is 0 Å². The largest absolute Gasteiger partial charge is 0.468 e. The molecule has 23 heavy (non-hydrogen) atoms. The van der Waals surface area contributed by atoms with Crippen LogP contribution in [0.1, 0.15) is 49.0 Å². The number of nitrogens with one attached hydrogen (secondary N) is 1. The SMILES string of the molecule is C=C/C(=C\C=C/C)c1coc2c1CCCC2C1CC(=O)NC1=O. The summed E-state index contributed by atoms with van der Waals surface area (Å²) in [5.74, 6) is 0.214. The minimum absolute atomic E-state index is 0.00766. The molecule has 1 fully saturated rings. The van der Waals surface area contributed by atoms with Gasteiger partial charge in [-0.3, -0.25) is 14.9 Å². The van der Waals surface area contributed by atoms with Crippen molar-refractivity contribution >= 4 is 17.4 Å². The van der Waals surface area contributed by atoms with Crippen molar-refractivity contribution in [2.24, 2.45) is 5.92 Å². The van der Waals surface area contributed by atoms with Crippen LogP contribution in [0.25, 0.3) is 5.57 Å². The molecule has 1 aromatic rings. The van der Waals surface area contributed by atoms with Crippen LogP contribution in [0, 0.1) is 5.92 Å². The zero-order chi connectivity index (χ0) is 16.4. The molecule has 1 saturated heterocycles. The molecule has 1 aliphatic heterocycles. The van der Waals surface area contributed by atoms with Gasteiger partial charge in [0.1, 0.15) is 5.76 Å². The zero-order valence-corrected chi connectivity index (χ0v) is 13.3. The highest BCUT2D eigenvalue weighted by molar-refractivity contribution is 6.03. The second-order valence-corrected chi connectivity index (χ2v) is 6.07. The first-order valence-corrected chi connectivity index (χ1v) is 8.05. The minimum Gasteiger partial charge on any atom is -0.468 e. The van der Waals surface area contributed by atoms with E-state index in [0.717, 1.165) is 41.7 Å². The highest BCUT2D eigenvalue weighted by Crippen LogP contribution is 2.43. The van der Waals surface area contributed by atoms with Crippen LogP contribution in [-0.2, 0) is 16.0 Å². The summed E-state index contributed by atoms with van der Waals surface area (Å²) in [7, 11) is 0. The summed E-state index contributed by atoms with van der Waals surface area (Å²) >= 11 is 0. The van der Waals surface area contributed by atoms with E-state index in [1.165, 1.54) is 0 Å². The number of carbonyl (C=O) groups is 2. The van der Waals surface area contributed by atoms with Crippen LogP contribution in [0.3, 0.4) is 0 Å². The first-order valence-electron chi connectivity index (χ1n) is 8.05. The third-order valence-electron chi connectivity index (χ3n) is 4.69. The Morgan fingerprint density at radius 3 is 2.87 bits per heavy atom. The van der Waals surface area contributed by atoms with Crippen molar-refractivity contribution in [2.75, 3.05) is 0 Å². The van der Waals surface area contributed by atoms with Gasteiger partial charge in [0, 0.05) is 23.5 Å². The topological polar surface area (TPSA) is 59.3 Å². The van der Waals surface area contributed by atoms with Crippen molar-refractivity contribution in [1.82, 2.24) is 5.32 Å². The third-order valence-corrected chi connectivity index (χ3v) is 4.69. The van der Waals surface area contributed by atoms with Gasteiger partial charge in [0.25, 0.3) is 0 Å². The monoisotopic (exact) mass is 311 g/mol. The molecule has 0 bridgehead atoms. The molecule has 2 heterocycles. The molecule has 2 amide bonds. The smallest absolute Gasteiger partial charge is 0.230 e. The number of rotatable bonds is 4. The summed E-state index contributed by atoms with van der Waals surface area (Å²) < 4.78 is 5.85. The van der Waals surface area contributed by atoms with Crippen molar-refractivity contribution in [2.45, 2.75) is 38.5 Å². The maximum absolute atomic E-state index is 12.0. The fourth-order valence-corrected chi connectivity index (χ4v) is 3.59. The van der Waals surface area contributed by atoms with Crippen molar-refractivity contribution in [3.8, 4) is 0 Å². The van der Waals surface area contributed by atoms with Gasteiger partial charge in [-0.25, -0.2) is 0 Å². The molecule has 1 aliphatic carbocycles. The summed E-state index contributed by atoms with van der Waals surface area (Å²) in [5, 5.41) is 2.41. The Morgan fingerprint density at radius 2 is 2.22 bits per heavy atom. The highest BCUT2D eigenvalue weighted by atomic mass is 16.3. The van der Waals surface area contributed by atoms with E-state index in [9.17, 15) is 9.59 Å². The number of allylic oxidation sites excluding steroid dienone is 5. The Kier molecular flexibility index (Phi) is 4.33. The fraction of sp³-hybridized carbons (Fsp3) is 0.368. The predicted molar refractivity (Wildman–Crippen MR) is 88.6 cm³/mol. The summed E-state index contributed by atoms with van der Waals surface area (Å²) in [5.41, 5.74) is 3.22. The van der Waals surface area contributed by atoms with E-state index in [2.05, 4.69) is 11.9 Å². The first-order chi connectivity index (χ1) is 11.2. The van der Waals surface area contributed by atoms with E-state index >= 15 is 0 Å². The summed E-state index contributed by atoms with van der Waals surface area (Å²) in [6.07, 6.45) is 12.6. The Morgan fingerprint density at radius 1 is 1.39 bits per heavy atom. The Labute approximate surface area is 135 Å². The van der Waals surface area contributed by atoms with E-state index < -0.39 is 0 Å². The van der Waals surface area contributed by atoms with Crippen LogP contribution in [0.2, 0.25) is 0 Å². The van der Waals surface area contributed by atoms with Gasteiger partial charge < -0.3 is 4.42 Å². The highest BCUT2D eigenvalue weighted by Gasteiger charge is 2.41. The third kappa shape index (κ3) is 2.81. The molecular formula is C19H21NO3. The lowest BCUT2D eigenvalue weighted by atomic mass is 9.78. The standard InChI is InChI=1S/C19H21NO3/c1-3-5-7-12(4-2)16-11-23-18-13(8-6-9-14(16)18)15-10-17(21)20-19(15)22/h3-5,7,11,13,15H,2,6,8-10H2,1H3,(H,20,21,22)/b5-3-,12-7+. The van der Waals surface area contributed by atoms with Crippen molar-refractivity contribution in [3.05, 3.63) is 54.0 Å². The molecule has 2 unspecified atom stereocenters. The molecule has 2 aliphatic rings. The maximum Gasteiger partial charge on any atom is 0.230 e. The van der Waals surface area contributed by atoms with Crippen LogP contribution in [0.4, 0.5) is 0 Å². The molecular weight excluding hydrogens is 290 g/mol. The van der Waals surface area contributed by atoms with Crippen molar-refractivity contribution in [3.63, 3.8) is 0 Å². The molecule has 1 aromatic heterocycles. The van der Waals surface area contributed by atoms with Crippen molar-refractivity contribution in [1.29, 1.82) is 0 Å². The zero-order valence-electron chi connectivity index (χ0n) is 13.3. The average Bonchev–Trinajstić information content (AvgIpc) is 3.11. The van der Waals surface area contributed by atoms with Gasteiger partial charge in [-0.1, -0.05) is 30.9 Å². The number of furan rings is 1. The number of hydrogen-bond acceptors (Lipinski definition) is 3. The second kappa shape index (κ2) is 6.41. The van der Waals surface area contributed by atoms with Gasteiger partial charge in [-0.2, -0.15) is 0 Å². The first kappa shape index (κ1) is 15.5. The Hall–Kier alpha value is -2.36. The number of amides is 2.